The molecule has 2 aromatic rings. The summed E-state index contributed by atoms with van der Waals surface area (Å²) in [5.41, 5.74) is 2.23. The molecule has 0 unspecified atom stereocenters. The number of benzene rings is 2. The van der Waals surface area contributed by atoms with Gasteiger partial charge in [0.1, 0.15) is 12.4 Å². The zero-order valence-electron chi connectivity index (χ0n) is 17.9. The van der Waals surface area contributed by atoms with E-state index in [0.717, 1.165) is 12.1 Å². The highest BCUT2D eigenvalue weighted by molar-refractivity contribution is 6.09. The van der Waals surface area contributed by atoms with Crippen LogP contribution in [0.4, 0.5) is 0 Å². The van der Waals surface area contributed by atoms with Crippen molar-refractivity contribution in [2.24, 2.45) is 0 Å². The number of rotatable bonds is 10. The molecule has 0 bridgehead atoms. The van der Waals surface area contributed by atoms with Crippen LogP contribution in [0.5, 0.6) is 23.0 Å². The van der Waals surface area contributed by atoms with Gasteiger partial charge in [-0.15, -0.1) is 0 Å². The van der Waals surface area contributed by atoms with Crippen molar-refractivity contribution in [1.29, 1.82) is 0 Å². The molecule has 6 nitrogen and oxygen atoms in total. The molecule has 6 heteroatoms. The van der Waals surface area contributed by atoms with Crippen molar-refractivity contribution < 1.29 is 23.7 Å². The molecule has 0 aliphatic heterocycles. The van der Waals surface area contributed by atoms with E-state index in [-0.39, 0.29) is 5.78 Å². The van der Waals surface area contributed by atoms with Crippen LogP contribution >= 0.6 is 0 Å². The minimum Gasteiger partial charge on any atom is -0.493 e. The quantitative estimate of drug-likeness (QED) is 0.447. The number of methoxy groups -OCH3 is 3. The van der Waals surface area contributed by atoms with Crippen LogP contribution in [0.2, 0.25) is 0 Å². The van der Waals surface area contributed by atoms with Crippen molar-refractivity contribution in [3.63, 3.8) is 0 Å². The molecule has 0 saturated carbocycles. The van der Waals surface area contributed by atoms with E-state index < -0.39 is 0 Å². The number of carbonyl (C=O) groups is 1. The van der Waals surface area contributed by atoms with Gasteiger partial charge < -0.3 is 23.8 Å². The summed E-state index contributed by atoms with van der Waals surface area (Å²) in [6, 6.07) is 9.19. The van der Waals surface area contributed by atoms with Crippen LogP contribution in [0.25, 0.3) is 6.08 Å². The highest BCUT2D eigenvalue weighted by atomic mass is 16.5. The fourth-order valence-electron chi connectivity index (χ4n) is 2.81. The monoisotopic (exact) mass is 399 g/mol. The summed E-state index contributed by atoms with van der Waals surface area (Å²) in [6.07, 6.45) is 3.21. The maximum atomic E-state index is 12.9. The van der Waals surface area contributed by atoms with E-state index in [1.165, 1.54) is 6.08 Å². The lowest BCUT2D eigenvalue weighted by atomic mass is 10.0. The molecule has 2 rings (SSSR count). The normalized spacial score (nSPS) is 11.0. The number of nitrogens with zero attached hydrogens (tertiary/aromatic N) is 1. The fraction of sp³-hybridized carbons (Fsp3) is 0.348. The van der Waals surface area contributed by atoms with Gasteiger partial charge in [-0.1, -0.05) is 11.6 Å². The van der Waals surface area contributed by atoms with Gasteiger partial charge in [-0.25, -0.2) is 0 Å². The SMILES string of the molecule is COc1ccc(/C=C/C(=O)c2cc(C)ccc2OCCN(C)C)c(OC)c1OC. The van der Waals surface area contributed by atoms with E-state index in [1.54, 1.807) is 33.5 Å². The number of allylic oxidation sites excluding steroid dienone is 1. The Balaban J connectivity index is 2.30. The summed E-state index contributed by atoms with van der Waals surface area (Å²) in [5, 5.41) is 0. The minimum absolute atomic E-state index is 0.148. The first-order valence-electron chi connectivity index (χ1n) is 9.30. The molecule has 29 heavy (non-hydrogen) atoms. The van der Waals surface area contributed by atoms with Gasteiger partial charge in [0.25, 0.3) is 0 Å². The Morgan fingerprint density at radius 3 is 2.28 bits per heavy atom. The van der Waals surface area contributed by atoms with Crippen molar-refractivity contribution in [3.8, 4) is 23.0 Å². The third-order valence-electron chi connectivity index (χ3n) is 4.35. The summed E-state index contributed by atoms with van der Waals surface area (Å²) >= 11 is 0. The second kappa shape index (κ2) is 10.5. The summed E-state index contributed by atoms with van der Waals surface area (Å²) in [7, 11) is 8.61. The number of hydrogen-bond donors (Lipinski definition) is 0. The molecule has 0 atom stereocenters. The first-order valence-corrected chi connectivity index (χ1v) is 9.30. The largest absolute Gasteiger partial charge is 0.493 e. The molecule has 0 spiro atoms. The van der Waals surface area contributed by atoms with Crippen LogP contribution in [-0.4, -0.2) is 59.3 Å². The summed E-state index contributed by atoms with van der Waals surface area (Å²) in [4.78, 5) is 14.9. The zero-order chi connectivity index (χ0) is 21.4. The Bertz CT molecular complexity index is 874. The Morgan fingerprint density at radius 1 is 0.966 bits per heavy atom. The molecule has 0 fully saturated rings. The molecule has 156 valence electrons. The molecule has 0 aliphatic rings. The molecule has 0 N–H and O–H groups in total. The van der Waals surface area contributed by atoms with E-state index in [4.69, 9.17) is 18.9 Å². The smallest absolute Gasteiger partial charge is 0.203 e. The number of ketones is 1. The Kier molecular flexibility index (Phi) is 8.09. The van der Waals surface area contributed by atoms with Crippen LogP contribution < -0.4 is 18.9 Å². The highest BCUT2D eigenvalue weighted by Gasteiger charge is 2.15. The van der Waals surface area contributed by atoms with Crippen LogP contribution in [-0.2, 0) is 0 Å². The lowest BCUT2D eigenvalue weighted by Crippen LogP contribution is -2.20. The van der Waals surface area contributed by atoms with Crippen LogP contribution in [0.15, 0.2) is 36.4 Å². The maximum absolute atomic E-state index is 12.9. The van der Waals surface area contributed by atoms with Crippen molar-refractivity contribution in [2.45, 2.75) is 6.92 Å². The Labute approximate surface area is 172 Å². The third kappa shape index (κ3) is 5.74. The predicted molar refractivity (Wildman–Crippen MR) is 115 cm³/mol. The second-order valence-corrected chi connectivity index (χ2v) is 6.77. The van der Waals surface area contributed by atoms with Gasteiger partial charge in [0.05, 0.1) is 26.9 Å². The van der Waals surface area contributed by atoms with E-state index in [2.05, 4.69) is 0 Å². The topological polar surface area (TPSA) is 57.2 Å². The highest BCUT2D eigenvalue weighted by Crippen LogP contribution is 2.40. The van der Waals surface area contributed by atoms with E-state index in [0.29, 0.717) is 40.7 Å². The summed E-state index contributed by atoms with van der Waals surface area (Å²) in [5.74, 6) is 1.97. The standard InChI is InChI=1S/C23H29NO5/c1-16-7-11-20(29-14-13-24(2)3)18(15-16)19(25)10-8-17-9-12-21(26-4)23(28-6)22(17)27-5/h7-12,15H,13-14H2,1-6H3/b10-8+. The van der Waals surface area contributed by atoms with Gasteiger partial charge in [-0.2, -0.15) is 0 Å². The molecule has 0 amide bonds. The van der Waals surface area contributed by atoms with Crippen molar-refractivity contribution in [1.82, 2.24) is 4.90 Å². The Morgan fingerprint density at radius 2 is 1.66 bits per heavy atom. The van der Waals surface area contributed by atoms with Gasteiger partial charge in [-0.3, -0.25) is 4.79 Å². The predicted octanol–water partition coefficient (Wildman–Crippen LogP) is 3.86. The molecular weight excluding hydrogens is 370 g/mol. The lowest BCUT2D eigenvalue weighted by Gasteiger charge is -2.14. The van der Waals surface area contributed by atoms with Gasteiger partial charge in [0, 0.05) is 12.1 Å². The first kappa shape index (κ1) is 22.3. The van der Waals surface area contributed by atoms with E-state index >= 15 is 0 Å². The average Bonchev–Trinajstić information content (AvgIpc) is 2.71. The average molecular weight is 399 g/mol. The molecule has 0 saturated heterocycles. The molecule has 2 aromatic carbocycles. The van der Waals surface area contributed by atoms with E-state index in [9.17, 15) is 4.79 Å². The number of hydrogen-bond acceptors (Lipinski definition) is 6. The van der Waals surface area contributed by atoms with Crippen LogP contribution in [0.1, 0.15) is 21.5 Å². The molecule has 0 heterocycles. The summed E-state index contributed by atoms with van der Waals surface area (Å²) in [6.45, 7) is 3.21. The number of aryl methyl sites for hydroxylation is 1. The van der Waals surface area contributed by atoms with Crippen molar-refractivity contribution in [2.75, 3.05) is 48.6 Å². The minimum atomic E-state index is -0.148. The van der Waals surface area contributed by atoms with Crippen LogP contribution in [0.3, 0.4) is 0 Å². The zero-order valence-corrected chi connectivity index (χ0v) is 17.9. The number of ether oxygens (including phenoxy) is 4. The molecule has 0 radical (unpaired) electrons. The third-order valence-corrected chi connectivity index (χ3v) is 4.35. The molecular formula is C23H29NO5. The van der Waals surface area contributed by atoms with Gasteiger partial charge in [0.15, 0.2) is 17.3 Å². The van der Waals surface area contributed by atoms with E-state index in [1.807, 2.05) is 50.2 Å². The van der Waals surface area contributed by atoms with Gasteiger partial charge in [-0.05, 0) is 57.4 Å². The van der Waals surface area contributed by atoms with Gasteiger partial charge in [0.2, 0.25) is 5.75 Å². The molecule has 0 aliphatic carbocycles. The number of likely N-dealkylation sites (N-methyl/N-ethyl adjacent to an activating group) is 1. The maximum Gasteiger partial charge on any atom is 0.203 e. The second-order valence-electron chi connectivity index (χ2n) is 6.77. The fourth-order valence-corrected chi connectivity index (χ4v) is 2.81. The van der Waals surface area contributed by atoms with Crippen molar-refractivity contribution >= 4 is 11.9 Å². The van der Waals surface area contributed by atoms with Gasteiger partial charge >= 0.3 is 0 Å². The van der Waals surface area contributed by atoms with Crippen molar-refractivity contribution in [3.05, 3.63) is 53.1 Å². The molecule has 0 aromatic heterocycles. The summed E-state index contributed by atoms with van der Waals surface area (Å²) < 4.78 is 22.0. The first-order chi connectivity index (χ1) is 13.9. The lowest BCUT2D eigenvalue weighted by molar-refractivity contribution is 0.104. The van der Waals surface area contributed by atoms with Crippen LogP contribution in [0, 0.1) is 6.92 Å². The number of carbonyl (C=O) groups excluding carboxylic acids is 1. The Hall–Kier alpha value is -2.99.